The maximum atomic E-state index is 7.39. The van der Waals surface area contributed by atoms with Gasteiger partial charge in [-0.15, -0.1) is 0 Å². The number of hydrogen-bond acceptors (Lipinski definition) is 0. The van der Waals surface area contributed by atoms with Gasteiger partial charge in [-0.25, -0.2) is 0 Å². The van der Waals surface area contributed by atoms with Crippen LogP contribution >= 0.6 is 8.92 Å². The van der Waals surface area contributed by atoms with E-state index in [4.69, 9.17) is 8.92 Å². The number of rotatable bonds is 11. The van der Waals surface area contributed by atoms with Crippen molar-refractivity contribution < 1.29 is 0 Å². The van der Waals surface area contributed by atoms with Gasteiger partial charge in [0.15, 0.2) is 0 Å². The molecular formula is C18H37ClSn. The molecule has 0 radical (unpaired) electrons. The second-order valence-electron chi connectivity index (χ2n) is 6.99. The second kappa shape index (κ2) is 11.6. The summed E-state index contributed by atoms with van der Waals surface area (Å²) in [6, 6.07) is 0. The van der Waals surface area contributed by atoms with Crippen LogP contribution in [-0.2, 0) is 0 Å². The van der Waals surface area contributed by atoms with E-state index >= 15 is 0 Å². The van der Waals surface area contributed by atoms with E-state index in [1.807, 2.05) is 0 Å². The fourth-order valence-corrected chi connectivity index (χ4v) is 19.0. The Balaban J connectivity index is 2.42. The molecule has 0 atom stereocenters. The van der Waals surface area contributed by atoms with Crippen LogP contribution < -0.4 is 0 Å². The van der Waals surface area contributed by atoms with Crippen molar-refractivity contribution >= 4 is 26.2 Å². The minimum absolute atomic E-state index is 1.02. The van der Waals surface area contributed by atoms with Crippen LogP contribution in [0.4, 0.5) is 0 Å². The van der Waals surface area contributed by atoms with E-state index in [2.05, 4.69) is 13.8 Å². The van der Waals surface area contributed by atoms with Gasteiger partial charge in [0.1, 0.15) is 0 Å². The molecule has 1 aliphatic carbocycles. The fraction of sp³-hybridized carbons (Fsp3) is 1.00. The zero-order valence-corrected chi connectivity index (χ0v) is 17.7. The number of hydrogen-bond donors (Lipinski definition) is 0. The molecule has 1 fully saturated rings. The molecule has 0 N–H and O–H groups in total. The fourth-order valence-electron chi connectivity index (χ4n) is 3.84. The van der Waals surface area contributed by atoms with Gasteiger partial charge in [0.2, 0.25) is 0 Å². The van der Waals surface area contributed by atoms with Crippen LogP contribution in [-0.4, -0.2) is 17.3 Å². The van der Waals surface area contributed by atoms with Gasteiger partial charge in [-0.2, -0.15) is 0 Å². The van der Waals surface area contributed by atoms with E-state index in [1.54, 1.807) is 0 Å². The van der Waals surface area contributed by atoms with E-state index in [1.165, 1.54) is 92.3 Å². The topological polar surface area (TPSA) is 0 Å². The first-order chi connectivity index (χ1) is 9.73. The van der Waals surface area contributed by atoms with E-state index in [9.17, 15) is 0 Å². The molecule has 0 spiro atoms. The predicted octanol–water partition coefficient (Wildman–Crippen LogP) is 7.67. The molecule has 0 aromatic heterocycles. The average molecular weight is 408 g/mol. The average Bonchev–Trinajstić information content (AvgIpc) is 2.49. The van der Waals surface area contributed by atoms with Crippen molar-refractivity contribution in [1.29, 1.82) is 0 Å². The Morgan fingerprint density at radius 1 is 0.750 bits per heavy atom. The quantitative estimate of drug-likeness (QED) is 0.243. The van der Waals surface area contributed by atoms with Crippen molar-refractivity contribution in [1.82, 2.24) is 0 Å². The molecule has 0 aromatic carbocycles. The molecule has 0 aliphatic heterocycles. The van der Waals surface area contributed by atoms with Crippen molar-refractivity contribution in [2.75, 3.05) is 0 Å². The van der Waals surface area contributed by atoms with Gasteiger partial charge >= 0.3 is 136 Å². The summed E-state index contributed by atoms with van der Waals surface area (Å²) in [7, 11) is 7.39. The summed E-state index contributed by atoms with van der Waals surface area (Å²) in [5.74, 6) is 0. The zero-order chi connectivity index (χ0) is 14.7. The summed E-state index contributed by atoms with van der Waals surface area (Å²) in [5, 5.41) is 0. The van der Waals surface area contributed by atoms with E-state index in [0.29, 0.717) is 0 Å². The minimum atomic E-state index is -2.30. The Morgan fingerprint density at radius 3 is 1.70 bits per heavy atom. The predicted molar refractivity (Wildman–Crippen MR) is 96.3 cm³/mol. The van der Waals surface area contributed by atoms with Gasteiger partial charge in [0, 0.05) is 0 Å². The number of halogens is 1. The molecule has 1 saturated carbocycles. The third-order valence-electron chi connectivity index (χ3n) is 5.23. The van der Waals surface area contributed by atoms with E-state index in [0.717, 1.165) is 3.93 Å². The Kier molecular flexibility index (Phi) is 11.1. The molecule has 0 bridgehead atoms. The molecule has 0 heterocycles. The molecule has 120 valence electrons. The van der Waals surface area contributed by atoms with Crippen LogP contribution in [0.5, 0.6) is 0 Å². The first-order valence-corrected chi connectivity index (χ1v) is 18.7. The van der Waals surface area contributed by atoms with E-state index < -0.39 is 17.3 Å². The van der Waals surface area contributed by atoms with Crippen molar-refractivity contribution in [2.45, 2.75) is 110 Å². The monoisotopic (exact) mass is 408 g/mol. The van der Waals surface area contributed by atoms with Crippen molar-refractivity contribution in [3.8, 4) is 0 Å². The molecular weight excluding hydrogens is 370 g/mol. The van der Waals surface area contributed by atoms with Gasteiger partial charge in [-0.05, 0) is 0 Å². The molecule has 1 aliphatic rings. The molecule has 1 rings (SSSR count). The van der Waals surface area contributed by atoms with Crippen LogP contribution in [0.25, 0.3) is 0 Å². The zero-order valence-electron chi connectivity index (χ0n) is 14.1. The van der Waals surface area contributed by atoms with Crippen LogP contribution in [0.3, 0.4) is 0 Å². The molecule has 0 nitrogen and oxygen atoms in total. The Labute approximate surface area is 136 Å². The summed E-state index contributed by atoms with van der Waals surface area (Å²) < 4.78 is 3.98. The molecule has 0 saturated heterocycles. The van der Waals surface area contributed by atoms with Gasteiger partial charge < -0.3 is 0 Å². The maximum absolute atomic E-state index is 7.39. The van der Waals surface area contributed by atoms with Crippen molar-refractivity contribution in [2.24, 2.45) is 0 Å². The van der Waals surface area contributed by atoms with Crippen LogP contribution in [0.15, 0.2) is 0 Å². The Bertz CT molecular complexity index is 211. The van der Waals surface area contributed by atoms with Crippen LogP contribution in [0.2, 0.25) is 12.8 Å². The first kappa shape index (κ1) is 19.1. The molecule has 0 amide bonds. The summed E-state index contributed by atoms with van der Waals surface area (Å²) in [4.78, 5) is 0. The summed E-state index contributed by atoms with van der Waals surface area (Å²) in [5.41, 5.74) is 0. The van der Waals surface area contributed by atoms with E-state index in [-0.39, 0.29) is 0 Å². The Morgan fingerprint density at radius 2 is 1.25 bits per heavy atom. The van der Waals surface area contributed by atoms with Crippen LogP contribution in [0, 0.1) is 0 Å². The second-order valence-corrected chi connectivity index (χ2v) is 23.1. The third kappa shape index (κ3) is 7.38. The molecule has 0 aromatic rings. The van der Waals surface area contributed by atoms with Gasteiger partial charge in [0.25, 0.3) is 0 Å². The molecule has 0 unspecified atom stereocenters. The molecule has 2 heteroatoms. The van der Waals surface area contributed by atoms with Gasteiger partial charge in [-0.1, -0.05) is 0 Å². The molecule has 20 heavy (non-hydrogen) atoms. The third-order valence-corrected chi connectivity index (χ3v) is 22.4. The Hall–Kier alpha value is 1.09. The summed E-state index contributed by atoms with van der Waals surface area (Å²) in [6.45, 7) is 4.62. The van der Waals surface area contributed by atoms with Crippen LogP contribution in [0.1, 0.15) is 97.3 Å². The number of unbranched alkanes of at least 4 members (excludes halogenated alkanes) is 6. The SMILES string of the molecule is CCCCC[CH2][Sn]([Cl])([CH2]CCCCC)[CH]1CCCCC1. The van der Waals surface area contributed by atoms with Gasteiger partial charge in [-0.3, -0.25) is 0 Å². The summed E-state index contributed by atoms with van der Waals surface area (Å²) in [6.07, 6.45) is 18.7. The normalized spacial score (nSPS) is 17.6. The first-order valence-electron chi connectivity index (χ1n) is 9.42. The van der Waals surface area contributed by atoms with Crippen molar-refractivity contribution in [3.63, 3.8) is 0 Å². The summed E-state index contributed by atoms with van der Waals surface area (Å²) >= 11 is -2.30. The van der Waals surface area contributed by atoms with Gasteiger partial charge in [0.05, 0.1) is 0 Å². The van der Waals surface area contributed by atoms with Crippen molar-refractivity contribution in [3.05, 3.63) is 0 Å². The standard InChI is InChI=1S/C6H11.2C6H13.ClH.Sn/c1-2-4-6-5-3-1;2*1-3-5-6-4-2;;/h1H,2-6H2;2*1,3-6H2,2H3;1H;/q;;;;+1/p-1.